The number of furan rings is 1. The first-order valence-electron chi connectivity index (χ1n) is 6.21. The average molecular weight is 303 g/mol. The first-order valence-corrected chi connectivity index (χ1v) is 7.97. The van der Waals surface area contributed by atoms with E-state index >= 15 is 0 Å². The Morgan fingerprint density at radius 1 is 1.30 bits per heavy atom. The third-order valence-corrected chi connectivity index (χ3v) is 4.34. The molecule has 102 valence electrons. The third kappa shape index (κ3) is 2.66. The Morgan fingerprint density at radius 2 is 2.25 bits per heavy atom. The Kier molecular flexibility index (Phi) is 3.94. The van der Waals surface area contributed by atoms with E-state index in [4.69, 9.17) is 4.42 Å². The Bertz CT molecular complexity index is 749. The van der Waals surface area contributed by atoms with Gasteiger partial charge in [-0.25, -0.2) is 4.68 Å². The minimum Gasteiger partial charge on any atom is -0.463 e. The molecule has 6 heteroatoms. The molecule has 0 aliphatic rings. The van der Waals surface area contributed by atoms with Crippen LogP contribution in [0.25, 0.3) is 10.6 Å². The Morgan fingerprint density at radius 3 is 2.95 bits per heavy atom. The number of hydrogen-bond donors (Lipinski definition) is 0. The van der Waals surface area contributed by atoms with Crippen LogP contribution < -0.4 is 4.80 Å². The highest BCUT2D eigenvalue weighted by Gasteiger charge is 2.07. The van der Waals surface area contributed by atoms with Crippen molar-refractivity contribution in [2.45, 2.75) is 6.92 Å². The van der Waals surface area contributed by atoms with E-state index in [2.05, 4.69) is 26.9 Å². The second kappa shape index (κ2) is 6.02. The zero-order valence-electron chi connectivity index (χ0n) is 10.9. The average Bonchev–Trinajstić information content (AvgIpc) is 3.19. The zero-order chi connectivity index (χ0) is 13.8. The lowest BCUT2D eigenvalue weighted by Crippen LogP contribution is -2.12. The van der Waals surface area contributed by atoms with E-state index in [1.807, 2.05) is 29.8 Å². The summed E-state index contributed by atoms with van der Waals surface area (Å²) < 4.78 is 7.14. The molecular weight excluding hydrogens is 290 g/mol. The number of nitrogens with zero attached hydrogens (tertiary/aromatic N) is 3. The quantitative estimate of drug-likeness (QED) is 0.678. The molecule has 0 bridgehead atoms. The maximum absolute atomic E-state index is 5.27. The fourth-order valence-corrected chi connectivity index (χ4v) is 3.42. The number of aromatic nitrogens is 1. The SMILES string of the molecule is CCN=c1scc(-c2cccs2)n1N=Cc1ccco1. The van der Waals surface area contributed by atoms with Crippen molar-refractivity contribution in [1.82, 2.24) is 4.68 Å². The molecule has 3 rings (SSSR count). The molecule has 0 aliphatic heterocycles. The topological polar surface area (TPSA) is 42.8 Å². The van der Waals surface area contributed by atoms with Crippen LogP contribution in [0.5, 0.6) is 0 Å². The molecule has 0 amide bonds. The van der Waals surface area contributed by atoms with Crippen molar-refractivity contribution < 1.29 is 4.42 Å². The summed E-state index contributed by atoms with van der Waals surface area (Å²) in [7, 11) is 0. The van der Waals surface area contributed by atoms with E-state index in [9.17, 15) is 0 Å². The lowest BCUT2D eigenvalue weighted by molar-refractivity contribution is 0.559. The molecule has 0 atom stereocenters. The molecule has 0 N–H and O–H groups in total. The van der Waals surface area contributed by atoms with Crippen molar-refractivity contribution in [3.63, 3.8) is 0 Å². The van der Waals surface area contributed by atoms with Gasteiger partial charge in [0.25, 0.3) is 0 Å². The largest absolute Gasteiger partial charge is 0.463 e. The van der Waals surface area contributed by atoms with E-state index in [1.165, 1.54) is 4.88 Å². The van der Waals surface area contributed by atoms with Crippen LogP contribution in [0.2, 0.25) is 0 Å². The molecule has 0 saturated heterocycles. The van der Waals surface area contributed by atoms with Gasteiger partial charge in [-0.05, 0) is 30.5 Å². The molecule has 3 aromatic heterocycles. The highest BCUT2D eigenvalue weighted by molar-refractivity contribution is 7.14. The van der Waals surface area contributed by atoms with Crippen LogP contribution in [-0.2, 0) is 0 Å². The van der Waals surface area contributed by atoms with Gasteiger partial charge in [0.15, 0.2) is 0 Å². The summed E-state index contributed by atoms with van der Waals surface area (Å²) in [5.41, 5.74) is 1.06. The van der Waals surface area contributed by atoms with Crippen molar-refractivity contribution in [3.05, 3.63) is 51.9 Å². The van der Waals surface area contributed by atoms with Gasteiger partial charge in [0, 0.05) is 11.9 Å². The van der Waals surface area contributed by atoms with Gasteiger partial charge in [0.1, 0.15) is 5.76 Å². The van der Waals surface area contributed by atoms with Crippen molar-refractivity contribution in [2.24, 2.45) is 10.1 Å². The highest BCUT2D eigenvalue weighted by Crippen LogP contribution is 2.25. The van der Waals surface area contributed by atoms with Crippen LogP contribution in [-0.4, -0.2) is 17.4 Å². The lowest BCUT2D eigenvalue weighted by atomic mass is 10.4. The number of rotatable bonds is 4. The smallest absolute Gasteiger partial charge is 0.206 e. The summed E-state index contributed by atoms with van der Waals surface area (Å²) in [4.78, 5) is 6.54. The second-order valence-corrected chi connectivity index (χ2v) is 5.71. The number of hydrogen-bond acceptors (Lipinski definition) is 5. The minimum absolute atomic E-state index is 0.725. The molecule has 0 unspecified atom stereocenters. The molecule has 0 radical (unpaired) electrons. The Labute approximate surface area is 124 Å². The van der Waals surface area contributed by atoms with Gasteiger partial charge in [-0.2, -0.15) is 5.10 Å². The maximum atomic E-state index is 5.27. The molecule has 0 spiro atoms. The van der Waals surface area contributed by atoms with E-state index in [0.717, 1.165) is 22.8 Å². The van der Waals surface area contributed by atoms with Gasteiger partial charge < -0.3 is 4.42 Å². The van der Waals surface area contributed by atoms with E-state index in [0.29, 0.717) is 0 Å². The van der Waals surface area contributed by atoms with Crippen LogP contribution >= 0.6 is 22.7 Å². The molecule has 0 aromatic carbocycles. The van der Waals surface area contributed by atoms with E-state index in [1.54, 1.807) is 35.2 Å². The molecule has 0 aliphatic carbocycles. The van der Waals surface area contributed by atoms with Gasteiger partial charge in [-0.15, -0.1) is 22.7 Å². The summed E-state index contributed by atoms with van der Waals surface area (Å²) in [6.45, 7) is 2.76. The highest BCUT2D eigenvalue weighted by atomic mass is 32.1. The first kappa shape index (κ1) is 13.1. The molecular formula is C14H13N3OS2. The number of thiazole rings is 1. The van der Waals surface area contributed by atoms with Gasteiger partial charge in [0.2, 0.25) is 4.80 Å². The fraction of sp³-hybridized carbons (Fsp3) is 0.143. The van der Waals surface area contributed by atoms with Crippen LogP contribution in [0, 0.1) is 0 Å². The van der Waals surface area contributed by atoms with Crippen LogP contribution in [0.1, 0.15) is 12.7 Å². The summed E-state index contributed by atoms with van der Waals surface area (Å²) >= 11 is 3.29. The predicted molar refractivity (Wildman–Crippen MR) is 83.4 cm³/mol. The number of thiophene rings is 1. The molecule has 20 heavy (non-hydrogen) atoms. The van der Waals surface area contributed by atoms with Gasteiger partial charge in [-0.3, -0.25) is 4.99 Å². The zero-order valence-corrected chi connectivity index (χ0v) is 12.5. The van der Waals surface area contributed by atoms with Crippen LogP contribution in [0.15, 0.2) is 55.8 Å². The van der Waals surface area contributed by atoms with E-state index < -0.39 is 0 Å². The lowest BCUT2D eigenvalue weighted by Gasteiger charge is -1.99. The van der Waals surface area contributed by atoms with Crippen molar-refractivity contribution in [1.29, 1.82) is 0 Å². The fourth-order valence-electron chi connectivity index (χ4n) is 1.73. The van der Waals surface area contributed by atoms with Crippen molar-refractivity contribution in [2.75, 3.05) is 6.54 Å². The van der Waals surface area contributed by atoms with Gasteiger partial charge in [0.05, 0.1) is 23.0 Å². The second-order valence-electron chi connectivity index (χ2n) is 3.93. The molecule has 3 aromatic rings. The third-order valence-electron chi connectivity index (χ3n) is 2.60. The van der Waals surface area contributed by atoms with Crippen LogP contribution in [0.3, 0.4) is 0 Å². The predicted octanol–water partition coefficient (Wildman–Crippen LogP) is 3.67. The normalized spacial score (nSPS) is 12.6. The Balaban J connectivity index is 2.07. The standard InChI is InChI=1S/C14H13N3OS2/c1-2-15-14-17(16-9-11-5-3-7-18-11)12(10-20-14)13-6-4-8-19-13/h3-10H,2H2,1H3. The minimum atomic E-state index is 0.725. The molecule has 4 nitrogen and oxygen atoms in total. The van der Waals surface area contributed by atoms with E-state index in [-0.39, 0.29) is 0 Å². The van der Waals surface area contributed by atoms with Crippen LogP contribution in [0.4, 0.5) is 0 Å². The maximum Gasteiger partial charge on any atom is 0.206 e. The molecule has 0 fully saturated rings. The molecule has 0 saturated carbocycles. The summed E-state index contributed by atoms with van der Waals surface area (Å²) in [5, 5.41) is 8.65. The van der Waals surface area contributed by atoms with Gasteiger partial charge in [-0.1, -0.05) is 6.07 Å². The monoisotopic (exact) mass is 303 g/mol. The summed E-state index contributed by atoms with van der Waals surface area (Å²) in [5.74, 6) is 0.725. The summed E-state index contributed by atoms with van der Waals surface area (Å²) in [6.07, 6.45) is 3.34. The Hall–Kier alpha value is -1.92. The first-order chi connectivity index (χ1) is 9.88. The molecule has 3 heterocycles. The van der Waals surface area contributed by atoms with Crippen molar-refractivity contribution >= 4 is 28.9 Å². The van der Waals surface area contributed by atoms with Gasteiger partial charge >= 0.3 is 0 Å². The van der Waals surface area contributed by atoms with Crippen molar-refractivity contribution in [3.8, 4) is 10.6 Å². The summed E-state index contributed by atoms with van der Waals surface area (Å²) in [6, 6.07) is 7.84.